The first kappa shape index (κ1) is 15.4. The summed E-state index contributed by atoms with van der Waals surface area (Å²) in [5, 5.41) is 3.69. The first-order valence-corrected chi connectivity index (χ1v) is 7.84. The first-order valence-electron chi connectivity index (χ1n) is 6.69. The van der Waals surface area contributed by atoms with Crippen LogP contribution >= 0.6 is 11.8 Å². The van der Waals surface area contributed by atoms with Crippen molar-refractivity contribution in [2.75, 3.05) is 18.6 Å². The molecule has 0 spiro atoms. The average Bonchev–Trinajstić information content (AvgIpc) is 2.42. The van der Waals surface area contributed by atoms with Crippen LogP contribution in [0.1, 0.15) is 38.8 Å². The maximum Gasteiger partial charge on any atom is 0.118 e. The highest BCUT2D eigenvalue weighted by atomic mass is 32.2. The topological polar surface area (TPSA) is 21.3 Å². The van der Waals surface area contributed by atoms with Gasteiger partial charge in [-0.3, -0.25) is 0 Å². The van der Waals surface area contributed by atoms with Crippen LogP contribution < -0.4 is 10.1 Å². The highest BCUT2D eigenvalue weighted by Crippen LogP contribution is 2.21. The molecule has 0 fully saturated rings. The lowest BCUT2D eigenvalue weighted by atomic mass is 10.0. The van der Waals surface area contributed by atoms with E-state index in [0.29, 0.717) is 12.1 Å². The van der Waals surface area contributed by atoms with Crippen molar-refractivity contribution in [3.05, 3.63) is 29.8 Å². The van der Waals surface area contributed by atoms with Crippen LogP contribution in [0.25, 0.3) is 0 Å². The van der Waals surface area contributed by atoms with Crippen molar-refractivity contribution in [1.29, 1.82) is 0 Å². The third-order valence-corrected chi connectivity index (χ3v) is 4.13. The van der Waals surface area contributed by atoms with Crippen LogP contribution in [0.15, 0.2) is 24.3 Å². The van der Waals surface area contributed by atoms with E-state index >= 15 is 0 Å². The van der Waals surface area contributed by atoms with Gasteiger partial charge in [0.1, 0.15) is 5.75 Å². The van der Waals surface area contributed by atoms with Crippen LogP contribution in [0.5, 0.6) is 5.75 Å². The molecule has 0 heterocycles. The van der Waals surface area contributed by atoms with Gasteiger partial charge in [0.05, 0.1) is 7.11 Å². The van der Waals surface area contributed by atoms with Gasteiger partial charge in [-0.1, -0.05) is 26.0 Å². The largest absolute Gasteiger partial charge is 0.497 e. The summed E-state index contributed by atoms with van der Waals surface area (Å²) in [6, 6.07) is 9.35. The van der Waals surface area contributed by atoms with Crippen LogP contribution in [-0.2, 0) is 0 Å². The van der Waals surface area contributed by atoms with E-state index in [1.165, 1.54) is 17.1 Å². The molecule has 0 saturated heterocycles. The number of benzene rings is 1. The fourth-order valence-electron chi connectivity index (χ4n) is 1.97. The molecule has 1 aromatic rings. The van der Waals surface area contributed by atoms with Gasteiger partial charge in [-0.25, -0.2) is 0 Å². The van der Waals surface area contributed by atoms with E-state index in [2.05, 4.69) is 38.2 Å². The van der Waals surface area contributed by atoms with Crippen LogP contribution in [0.4, 0.5) is 0 Å². The zero-order valence-electron chi connectivity index (χ0n) is 11.9. The van der Waals surface area contributed by atoms with E-state index in [0.717, 1.165) is 12.2 Å². The molecule has 0 aromatic heterocycles. The molecule has 0 saturated carbocycles. The lowest BCUT2D eigenvalue weighted by Crippen LogP contribution is -2.32. The minimum absolute atomic E-state index is 0.434. The molecule has 2 nitrogen and oxygen atoms in total. The minimum atomic E-state index is 0.434. The Morgan fingerprint density at radius 3 is 2.39 bits per heavy atom. The van der Waals surface area contributed by atoms with Gasteiger partial charge < -0.3 is 10.1 Å². The van der Waals surface area contributed by atoms with Crippen LogP contribution in [0, 0.1) is 0 Å². The Bertz CT molecular complexity index is 326. The fraction of sp³-hybridized carbons (Fsp3) is 0.600. The summed E-state index contributed by atoms with van der Waals surface area (Å²) in [4.78, 5) is 0. The maximum absolute atomic E-state index is 5.19. The van der Waals surface area contributed by atoms with Crippen LogP contribution in [0.2, 0.25) is 0 Å². The van der Waals surface area contributed by atoms with Crippen molar-refractivity contribution in [3.63, 3.8) is 0 Å². The van der Waals surface area contributed by atoms with E-state index in [4.69, 9.17) is 4.74 Å². The molecule has 0 aliphatic rings. The number of rotatable bonds is 8. The lowest BCUT2D eigenvalue weighted by molar-refractivity contribution is 0.413. The van der Waals surface area contributed by atoms with Crippen LogP contribution in [0.3, 0.4) is 0 Å². The Balaban J connectivity index is 2.58. The Kier molecular flexibility index (Phi) is 7.21. The van der Waals surface area contributed by atoms with E-state index in [-0.39, 0.29) is 0 Å². The Labute approximate surface area is 116 Å². The molecule has 3 heteroatoms. The highest BCUT2D eigenvalue weighted by molar-refractivity contribution is 7.99. The van der Waals surface area contributed by atoms with E-state index < -0.39 is 0 Å². The van der Waals surface area contributed by atoms with Gasteiger partial charge in [-0.2, -0.15) is 11.8 Å². The van der Waals surface area contributed by atoms with Crippen molar-refractivity contribution in [3.8, 4) is 5.75 Å². The summed E-state index contributed by atoms with van der Waals surface area (Å²) in [6.45, 7) is 6.69. The molecule has 2 atom stereocenters. The van der Waals surface area contributed by atoms with Gasteiger partial charge in [-0.15, -0.1) is 0 Å². The van der Waals surface area contributed by atoms with Gasteiger partial charge in [0.15, 0.2) is 0 Å². The third kappa shape index (κ3) is 4.91. The van der Waals surface area contributed by atoms with E-state index in [9.17, 15) is 0 Å². The molecule has 0 radical (unpaired) electrons. The number of thioether (sulfide) groups is 1. The molecule has 1 aromatic carbocycles. The molecule has 0 aliphatic heterocycles. The number of hydrogen-bond donors (Lipinski definition) is 1. The summed E-state index contributed by atoms with van der Waals surface area (Å²) in [5.74, 6) is 3.28. The van der Waals surface area contributed by atoms with Gasteiger partial charge in [-0.05, 0) is 36.8 Å². The summed E-state index contributed by atoms with van der Waals surface area (Å²) >= 11 is 1.99. The molecular weight excluding hydrogens is 242 g/mol. The lowest BCUT2D eigenvalue weighted by Gasteiger charge is -2.22. The summed E-state index contributed by atoms with van der Waals surface area (Å²) < 4.78 is 5.19. The SMILES string of the molecule is CCSCC(C)NC(CC)c1ccc(OC)cc1. The number of nitrogens with one attached hydrogen (secondary N) is 1. The van der Waals surface area contributed by atoms with Crippen molar-refractivity contribution in [1.82, 2.24) is 5.32 Å². The number of methoxy groups -OCH3 is 1. The number of ether oxygens (including phenoxy) is 1. The molecule has 1 N–H and O–H groups in total. The quantitative estimate of drug-likeness (QED) is 0.772. The van der Waals surface area contributed by atoms with Gasteiger partial charge in [0.2, 0.25) is 0 Å². The van der Waals surface area contributed by atoms with Crippen molar-refractivity contribution in [2.24, 2.45) is 0 Å². The molecule has 102 valence electrons. The second kappa shape index (κ2) is 8.44. The van der Waals surface area contributed by atoms with Crippen molar-refractivity contribution >= 4 is 11.8 Å². The number of hydrogen-bond acceptors (Lipinski definition) is 3. The second-order valence-electron chi connectivity index (χ2n) is 4.46. The third-order valence-electron chi connectivity index (χ3n) is 2.98. The fourth-order valence-corrected chi connectivity index (χ4v) is 2.66. The van der Waals surface area contributed by atoms with Crippen molar-refractivity contribution < 1.29 is 4.74 Å². The standard InChI is InChI=1S/C15H25NOS/c1-5-15(16-12(3)11-18-6-2)13-7-9-14(17-4)10-8-13/h7-10,12,15-16H,5-6,11H2,1-4H3. The summed E-state index contributed by atoms with van der Waals surface area (Å²) in [7, 11) is 1.70. The molecule has 0 amide bonds. The minimum Gasteiger partial charge on any atom is -0.497 e. The summed E-state index contributed by atoms with van der Waals surface area (Å²) in [6.07, 6.45) is 1.10. The molecular formula is C15H25NOS. The molecule has 18 heavy (non-hydrogen) atoms. The zero-order valence-corrected chi connectivity index (χ0v) is 12.7. The average molecular weight is 267 g/mol. The van der Waals surface area contributed by atoms with Crippen molar-refractivity contribution in [2.45, 2.75) is 39.3 Å². The highest BCUT2D eigenvalue weighted by Gasteiger charge is 2.12. The maximum atomic E-state index is 5.19. The predicted molar refractivity (Wildman–Crippen MR) is 81.6 cm³/mol. The van der Waals surface area contributed by atoms with E-state index in [1.54, 1.807) is 7.11 Å². The first-order chi connectivity index (χ1) is 8.71. The molecule has 0 aliphatic carbocycles. The molecule has 0 bridgehead atoms. The van der Waals surface area contributed by atoms with Crippen LogP contribution in [-0.4, -0.2) is 24.7 Å². The normalized spacial score (nSPS) is 14.2. The second-order valence-corrected chi connectivity index (χ2v) is 5.78. The molecule has 1 rings (SSSR count). The Morgan fingerprint density at radius 2 is 1.89 bits per heavy atom. The van der Waals surface area contributed by atoms with Gasteiger partial charge >= 0.3 is 0 Å². The summed E-state index contributed by atoms with van der Waals surface area (Å²) in [5.41, 5.74) is 1.34. The monoisotopic (exact) mass is 267 g/mol. The smallest absolute Gasteiger partial charge is 0.118 e. The van der Waals surface area contributed by atoms with E-state index in [1.807, 2.05) is 23.9 Å². The Hall–Kier alpha value is -0.670. The predicted octanol–water partition coefficient (Wildman–Crippen LogP) is 3.88. The van der Waals surface area contributed by atoms with Gasteiger partial charge in [0.25, 0.3) is 0 Å². The zero-order chi connectivity index (χ0) is 13.4. The Morgan fingerprint density at radius 1 is 1.22 bits per heavy atom. The van der Waals surface area contributed by atoms with Gasteiger partial charge in [0, 0.05) is 17.8 Å². The molecule has 2 unspecified atom stereocenters.